The number of carbonyl (C=O) groups excluding carboxylic acids is 2. The van der Waals surface area contributed by atoms with Gasteiger partial charge in [0.1, 0.15) is 11.6 Å². The Morgan fingerprint density at radius 1 is 1.07 bits per heavy atom. The quantitative estimate of drug-likeness (QED) is 0.690. The van der Waals surface area contributed by atoms with Crippen molar-refractivity contribution >= 4 is 39.5 Å². The largest absolute Gasteiger partial charge is 0.444 e. The van der Waals surface area contributed by atoms with Crippen LogP contribution in [0.3, 0.4) is 0 Å². The van der Waals surface area contributed by atoms with Crippen LogP contribution < -0.4 is 10.6 Å². The van der Waals surface area contributed by atoms with Crippen LogP contribution >= 0.6 is 0 Å². The summed E-state index contributed by atoms with van der Waals surface area (Å²) < 4.78 is 7.45. The lowest BCUT2D eigenvalue weighted by atomic mass is 10.1. The zero-order valence-electron chi connectivity index (χ0n) is 17.0. The molecule has 0 aliphatic carbocycles. The minimum absolute atomic E-state index is 0.301. The minimum Gasteiger partial charge on any atom is -0.444 e. The molecule has 0 radical (unpaired) electrons. The van der Waals surface area contributed by atoms with E-state index in [1.807, 2.05) is 30.3 Å². The summed E-state index contributed by atoms with van der Waals surface area (Å²) in [6.45, 7) is 9.94. The van der Waals surface area contributed by atoms with Gasteiger partial charge in [0.15, 0.2) is 0 Å². The lowest BCUT2D eigenvalue weighted by Crippen LogP contribution is -2.43. The van der Waals surface area contributed by atoms with Crippen molar-refractivity contribution in [1.29, 1.82) is 0 Å². The molecule has 6 nitrogen and oxygen atoms in total. The first kappa shape index (κ1) is 19.7. The van der Waals surface area contributed by atoms with Gasteiger partial charge in [-0.25, -0.2) is 4.79 Å². The highest BCUT2D eigenvalue weighted by Crippen LogP contribution is 2.31. The summed E-state index contributed by atoms with van der Waals surface area (Å²) in [7, 11) is 0. The zero-order chi connectivity index (χ0) is 20.5. The molecule has 0 aliphatic rings. The first-order valence-corrected chi connectivity index (χ1v) is 9.51. The molecule has 3 rings (SSSR count). The highest BCUT2D eigenvalue weighted by Gasteiger charge is 2.21. The predicted octanol–water partition coefficient (Wildman–Crippen LogP) is 4.67. The second-order valence-electron chi connectivity index (χ2n) is 7.85. The molecule has 3 aromatic rings. The van der Waals surface area contributed by atoms with E-state index in [-0.39, 0.29) is 5.91 Å². The second kappa shape index (κ2) is 7.54. The molecule has 0 aliphatic heterocycles. The number of anilines is 1. The highest BCUT2D eigenvalue weighted by atomic mass is 16.6. The average Bonchev–Trinajstić information content (AvgIpc) is 2.93. The number of nitrogens with one attached hydrogen (secondary N) is 2. The monoisotopic (exact) mass is 381 g/mol. The van der Waals surface area contributed by atoms with Crippen molar-refractivity contribution in [1.82, 2.24) is 9.88 Å². The number of ether oxygens (including phenoxy) is 1. The standard InChI is InChI=1S/C22H27N3O3/c1-6-25-18-10-8-7-9-16(18)17-13-15(11-12-19(17)25)24-20(26)14(2)23-21(27)28-22(3,4)5/h7-14H,6H2,1-5H3,(H,23,27)(H,24,26)/t14-/m1/s1. The molecule has 1 atom stereocenters. The molecule has 2 N–H and O–H groups in total. The van der Waals surface area contributed by atoms with Crippen molar-refractivity contribution in [2.75, 3.05) is 5.32 Å². The number of nitrogens with zero attached hydrogens (tertiary/aromatic N) is 1. The van der Waals surface area contributed by atoms with E-state index < -0.39 is 17.7 Å². The first-order chi connectivity index (χ1) is 13.2. The third kappa shape index (κ3) is 4.11. The average molecular weight is 381 g/mol. The van der Waals surface area contributed by atoms with Crippen LogP contribution in [0.1, 0.15) is 34.6 Å². The summed E-state index contributed by atoms with van der Waals surface area (Å²) in [6.07, 6.45) is -0.614. The van der Waals surface area contributed by atoms with Crippen LogP contribution in [0.4, 0.5) is 10.5 Å². The highest BCUT2D eigenvalue weighted by molar-refractivity contribution is 6.10. The number of amides is 2. The Balaban J connectivity index is 1.80. The topological polar surface area (TPSA) is 72.4 Å². The van der Waals surface area contributed by atoms with Crippen LogP contribution in [-0.2, 0) is 16.1 Å². The minimum atomic E-state index is -0.720. The lowest BCUT2D eigenvalue weighted by molar-refractivity contribution is -0.117. The fraction of sp³-hybridized carbons (Fsp3) is 0.364. The van der Waals surface area contributed by atoms with E-state index in [1.165, 1.54) is 5.52 Å². The molecule has 0 spiro atoms. The van der Waals surface area contributed by atoms with E-state index in [0.717, 1.165) is 22.8 Å². The SMILES string of the molecule is CCn1c2ccccc2c2cc(NC(=O)[C@@H](C)NC(=O)OC(C)(C)C)ccc21. The van der Waals surface area contributed by atoms with Crippen LogP contribution in [0.15, 0.2) is 42.5 Å². The molecule has 28 heavy (non-hydrogen) atoms. The molecule has 148 valence electrons. The van der Waals surface area contributed by atoms with Crippen LogP contribution in [0.5, 0.6) is 0 Å². The number of para-hydroxylation sites is 1. The fourth-order valence-electron chi connectivity index (χ4n) is 3.27. The molecule has 2 aromatic carbocycles. The Morgan fingerprint density at radius 2 is 1.75 bits per heavy atom. The zero-order valence-corrected chi connectivity index (χ0v) is 17.0. The Labute approximate surface area is 164 Å². The van der Waals surface area contributed by atoms with Crippen LogP contribution in [0.2, 0.25) is 0 Å². The van der Waals surface area contributed by atoms with Gasteiger partial charge >= 0.3 is 6.09 Å². The van der Waals surface area contributed by atoms with Gasteiger partial charge in [0.25, 0.3) is 0 Å². The summed E-state index contributed by atoms with van der Waals surface area (Å²) in [5.41, 5.74) is 2.37. The van der Waals surface area contributed by atoms with E-state index in [9.17, 15) is 9.59 Å². The molecule has 0 saturated heterocycles. The summed E-state index contributed by atoms with van der Waals surface area (Å²) in [5, 5.41) is 7.67. The summed E-state index contributed by atoms with van der Waals surface area (Å²) in [6, 6.07) is 13.4. The number of fused-ring (bicyclic) bond motifs is 3. The Bertz CT molecular complexity index is 1030. The second-order valence-corrected chi connectivity index (χ2v) is 7.85. The number of rotatable bonds is 4. The number of hydrogen-bond acceptors (Lipinski definition) is 3. The molecule has 0 saturated carbocycles. The maximum atomic E-state index is 12.5. The van der Waals surface area contributed by atoms with Crippen molar-refractivity contribution in [2.24, 2.45) is 0 Å². The van der Waals surface area contributed by atoms with Crippen LogP contribution in [0, 0.1) is 0 Å². The molecule has 0 bridgehead atoms. The smallest absolute Gasteiger partial charge is 0.408 e. The van der Waals surface area contributed by atoms with Crippen LogP contribution in [-0.4, -0.2) is 28.2 Å². The normalized spacial score (nSPS) is 12.8. The van der Waals surface area contributed by atoms with E-state index in [2.05, 4.69) is 34.3 Å². The van der Waals surface area contributed by atoms with Crippen molar-refractivity contribution in [3.05, 3.63) is 42.5 Å². The van der Waals surface area contributed by atoms with Crippen LogP contribution in [0.25, 0.3) is 21.8 Å². The molecule has 1 aromatic heterocycles. The summed E-state index contributed by atoms with van der Waals surface area (Å²) in [4.78, 5) is 24.4. The molecule has 6 heteroatoms. The Kier molecular flexibility index (Phi) is 5.31. The molecule has 0 unspecified atom stereocenters. The van der Waals surface area contributed by atoms with Gasteiger partial charge in [0, 0.05) is 34.0 Å². The molecular weight excluding hydrogens is 354 g/mol. The number of hydrogen-bond donors (Lipinski definition) is 2. The van der Waals surface area contributed by atoms with Gasteiger partial charge in [-0.15, -0.1) is 0 Å². The number of alkyl carbamates (subject to hydrolysis) is 1. The fourth-order valence-corrected chi connectivity index (χ4v) is 3.27. The van der Waals surface area contributed by atoms with Gasteiger partial charge in [-0.1, -0.05) is 18.2 Å². The molecule has 0 fully saturated rings. The predicted molar refractivity (Wildman–Crippen MR) is 113 cm³/mol. The first-order valence-electron chi connectivity index (χ1n) is 9.51. The Morgan fingerprint density at radius 3 is 2.43 bits per heavy atom. The Hall–Kier alpha value is -3.02. The third-order valence-corrected chi connectivity index (χ3v) is 4.48. The number of benzene rings is 2. The van der Waals surface area contributed by atoms with Gasteiger partial charge in [0.05, 0.1) is 0 Å². The van der Waals surface area contributed by atoms with Gasteiger partial charge in [0.2, 0.25) is 5.91 Å². The van der Waals surface area contributed by atoms with Crippen molar-refractivity contribution in [2.45, 2.75) is 52.8 Å². The summed E-state index contributed by atoms with van der Waals surface area (Å²) >= 11 is 0. The summed E-state index contributed by atoms with van der Waals surface area (Å²) in [5.74, 6) is -0.301. The molecular formula is C22H27N3O3. The number of aryl methyl sites for hydroxylation is 1. The van der Waals surface area contributed by atoms with Gasteiger partial charge in [-0.05, 0) is 58.9 Å². The van der Waals surface area contributed by atoms with E-state index >= 15 is 0 Å². The van der Waals surface area contributed by atoms with Crippen molar-refractivity contribution in [3.63, 3.8) is 0 Å². The number of carbonyl (C=O) groups is 2. The van der Waals surface area contributed by atoms with Gasteiger partial charge < -0.3 is 19.9 Å². The lowest BCUT2D eigenvalue weighted by Gasteiger charge is -2.21. The van der Waals surface area contributed by atoms with Gasteiger partial charge in [-0.3, -0.25) is 4.79 Å². The number of aromatic nitrogens is 1. The molecule has 1 heterocycles. The van der Waals surface area contributed by atoms with E-state index in [4.69, 9.17) is 4.74 Å². The maximum Gasteiger partial charge on any atom is 0.408 e. The third-order valence-electron chi connectivity index (χ3n) is 4.48. The van der Waals surface area contributed by atoms with Crippen molar-refractivity contribution < 1.29 is 14.3 Å². The molecule has 2 amide bonds. The van der Waals surface area contributed by atoms with E-state index in [0.29, 0.717) is 5.69 Å². The van der Waals surface area contributed by atoms with Crippen molar-refractivity contribution in [3.8, 4) is 0 Å². The van der Waals surface area contributed by atoms with E-state index in [1.54, 1.807) is 27.7 Å². The maximum absolute atomic E-state index is 12.5. The van der Waals surface area contributed by atoms with Gasteiger partial charge in [-0.2, -0.15) is 0 Å².